The van der Waals surface area contributed by atoms with Crippen LogP contribution in [0.2, 0.25) is 0 Å². The smallest absolute Gasteiger partial charge is 0.227 e. The van der Waals surface area contributed by atoms with Crippen molar-refractivity contribution in [1.29, 1.82) is 5.53 Å². The number of carbonyl (C=O) groups is 1. The van der Waals surface area contributed by atoms with E-state index in [1.165, 1.54) is 0 Å². The molecule has 1 aromatic carbocycles. The average Bonchev–Trinajstić information content (AvgIpc) is 2.79. The lowest BCUT2D eigenvalue weighted by Gasteiger charge is -2.55. The van der Waals surface area contributed by atoms with Crippen molar-refractivity contribution in [1.82, 2.24) is 9.91 Å². The van der Waals surface area contributed by atoms with E-state index >= 15 is 0 Å². The van der Waals surface area contributed by atoms with Crippen LogP contribution in [0.5, 0.6) is 5.75 Å². The van der Waals surface area contributed by atoms with Gasteiger partial charge in [-0.15, -0.1) is 0 Å². The maximum absolute atomic E-state index is 14.1. The van der Waals surface area contributed by atoms with Crippen LogP contribution in [0, 0.1) is 5.53 Å². The Morgan fingerprint density at radius 1 is 1.50 bits per heavy atom. The van der Waals surface area contributed by atoms with Crippen molar-refractivity contribution < 1.29 is 34.0 Å². The van der Waals surface area contributed by atoms with E-state index < -0.39 is 42.9 Å². The molecule has 32 heavy (non-hydrogen) atoms. The first-order valence-corrected chi connectivity index (χ1v) is 10.6. The number of nitrogens with one attached hydrogen (secondary N) is 1. The Morgan fingerprint density at radius 3 is 2.88 bits per heavy atom. The van der Waals surface area contributed by atoms with E-state index in [1.54, 1.807) is 30.2 Å². The fourth-order valence-electron chi connectivity index (χ4n) is 4.66. The van der Waals surface area contributed by atoms with E-state index in [9.17, 15) is 24.5 Å². The molecule has 1 aromatic rings. The molecule has 4 N–H and O–H groups in total. The highest BCUT2D eigenvalue weighted by Crippen LogP contribution is 2.39. The molecule has 0 aliphatic carbocycles. The molecular formula is C21H31FN4O6. The molecule has 11 heteroatoms. The molecule has 0 radical (unpaired) electrons. The summed E-state index contributed by atoms with van der Waals surface area (Å²) in [5, 5.41) is 35.3. The first-order chi connectivity index (χ1) is 15.3. The summed E-state index contributed by atoms with van der Waals surface area (Å²) < 4.78 is 25.2. The minimum atomic E-state index is -1.76. The first kappa shape index (κ1) is 24.3. The second-order valence-electron chi connectivity index (χ2n) is 8.33. The number of nitrogens with zero attached hydrogens (tertiary/aromatic N) is 3. The van der Waals surface area contributed by atoms with Gasteiger partial charge in [0.05, 0.1) is 26.7 Å². The lowest BCUT2D eigenvalue weighted by molar-refractivity contribution is -0.279. The van der Waals surface area contributed by atoms with Gasteiger partial charge in [-0.1, -0.05) is 17.4 Å². The zero-order valence-electron chi connectivity index (χ0n) is 18.2. The largest absolute Gasteiger partial charge is 0.497 e. The van der Waals surface area contributed by atoms with Gasteiger partial charge < -0.3 is 29.7 Å². The Kier molecular flexibility index (Phi) is 7.65. The van der Waals surface area contributed by atoms with Crippen molar-refractivity contribution in [2.75, 3.05) is 26.8 Å². The number of aliphatic hydroxyl groups excluding tert-OH is 3. The van der Waals surface area contributed by atoms with Crippen LogP contribution in [0.4, 0.5) is 4.39 Å². The molecule has 2 saturated heterocycles. The summed E-state index contributed by atoms with van der Waals surface area (Å²) in [7, 11) is 1.55. The molecule has 1 amide bonds. The van der Waals surface area contributed by atoms with Crippen LogP contribution in [-0.4, -0.2) is 94.2 Å². The summed E-state index contributed by atoms with van der Waals surface area (Å²) in [5.74, 6) is 0.455. The van der Waals surface area contributed by atoms with E-state index in [0.717, 1.165) is 12.5 Å². The van der Waals surface area contributed by atoms with Gasteiger partial charge in [0.15, 0.2) is 6.30 Å². The molecule has 6 atom stereocenters. The van der Waals surface area contributed by atoms with Crippen LogP contribution >= 0.6 is 0 Å². The summed E-state index contributed by atoms with van der Waals surface area (Å²) in [6.07, 6.45) is -4.84. The number of methoxy groups -OCH3 is 1. The van der Waals surface area contributed by atoms with Crippen molar-refractivity contribution in [3.8, 4) is 5.75 Å². The van der Waals surface area contributed by atoms with Crippen molar-refractivity contribution in [3.05, 3.63) is 29.8 Å². The van der Waals surface area contributed by atoms with Gasteiger partial charge in [-0.2, -0.15) is 5.53 Å². The number of amides is 1. The Morgan fingerprint density at radius 2 is 2.25 bits per heavy atom. The van der Waals surface area contributed by atoms with Crippen molar-refractivity contribution in [3.63, 3.8) is 0 Å². The summed E-state index contributed by atoms with van der Waals surface area (Å²) in [6, 6.07) is 5.85. The maximum Gasteiger partial charge on any atom is 0.227 e. The van der Waals surface area contributed by atoms with E-state index in [4.69, 9.17) is 15.0 Å². The number of ether oxygens (including phenoxy) is 2. The van der Waals surface area contributed by atoms with Gasteiger partial charge in [-0.05, 0) is 37.5 Å². The number of alkyl halides is 1. The van der Waals surface area contributed by atoms with Crippen LogP contribution in [0.25, 0.3) is 0 Å². The quantitative estimate of drug-likeness (QED) is 0.269. The van der Waals surface area contributed by atoms with Gasteiger partial charge in [-0.3, -0.25) is 4.79 Å². The standard InChI is InChI=1S/C21H31FN4O6/c1-13(22)26(24-23)18-19(29)16(11-27)32-21(20(18)30)7-4-8-25(12-21)17(28)10-14-5-3-6-15(9-14)31-2/h3,5-6,9,13,16,18-20,23,27,29-30H,4,7-8,10-12H2,1-2H3/t13?,16-,18+,19+,20-,21-/m1/s1. The van der Waals surface area contributed by atoms with Gasteiger partial charge in [0, 0.05) is 6.54 Å². The number of aliphatic hydroxyl groups is 3. The third-order valence-electron chi connectivity index (χ3n) is 6.27. The van der Waals surface area contributed by atoms with E-state index in [-0.39, 0.29) is 18.9 Å². The van der Waals surface area contributed by atoms with E-state index in [1.807, 2.05) is 6.07 Å². The number of hydrogen-bond donors (Lipinski definition) is 4. The molecule has 2 fully saturated rings. The van der Waals surface area contributed by atoms with Gasteiger partial charge >= 0.3 is 0 Å². The molecule has 3 rings (SSSR count). The topological polar surface area (TPSA) is 139 Å². The number of carbonyl (C=O) groups excluding carboxylic acids is 1. The highest BCUT2D eigenvalue weighted by atomic mass is 19.1. The maximum atomic E-state index is 14.1. The zero-order chi connectivity index (χ0) is 23.5. The first-order valence-electron chi connectivity index (χ1n) is 10.6. The summed E-state index contributed by atoms with van der Waals surface area (Å²) >= 11 is 0. The molecule has 2 heterocycles. The minimum Gasteiger partial charge on any atom is -0.497 e. The van der Waals surface area contributed by atoms with Crippen LogP contribution in [-0.2, 0) is 16.0 Å². The number of rotatable bonds is 7. The fraction of sp³-hybridized carbons (Fsp3) is 0.667. The van der Waals surface area contributed by atoms with Gasteiger partial charge in [0.2, 0.25) is 5.91 Å². The summed E-state index contributed by atoms with van der Waals surface area (Å²) in [6.45, 7) is 1.02. The van der Waals surface area contributed by atoms with Crippen molar-refractivity contribution in [2.24, 2.45) is 5.22 Å². The summed E-state index contributed by atoms with van der Waals surface area (Å²) in [4.78, 5) is 14.6. The third-order valence-corrected chi connectivity index (χ3v) is 6.27. The molecular weight excluding hydrogens is 423 g/mol. The Labute approximate surface area is 186 Å². The van der Waals surface area contributed by atoms with Crippen molar-refractivity contribution >= 4 is 5.91 Å². The normalized spacial score (nSPS) is 31.2. The second-order valence-corrected chi connectivity index (χ2v) is 8.33. The monoisotopic (exact) mass is 454 g/mol. The lowest BCUT2D eigenvalue weighted by atomic mass is 9.77. The van der Waals surface area contributed by atoms with Crippen LogP contribution < -0.4 is 4.74 Å². The summed E-state index contributed by atoms with van der Waals surface area (Å²) in [5.41, 5.74) is 6.74. The van der Waals surface area contributed by atoms with E-state index in [0.29, 0.717) is 30.1 Å². The lowest BCUT2D eigenvalue weighted by Crippen LogP contribution is -2.73. The number of likely N-dealkylation sites (tertiary alicyclic amines) is 1. The van der Waals surface area contributed by atoms with Gasteiger partial charge in [-0.25, -0.2) is 9.40 Å². The Balaban J connectivity index is 1.83. The van der Waals surface area contributed by atoms with Crippen molar-refractivity contribution in [2.45, 2.75) is 62.4 Å². The SMILES string of the molecule is COc1cccc(CC(=O)N2CCC[C@]3(C2)O[C@H](CO)[C@H](O)[C@H](N(N=N)C(C)F)[C@H]3O)c1. The highest BCUT2D eigenvalue weighted by molar-refractivity contribution is 5.79. The number of benzene rings is 1. The predicted molar refractivity (Wildman–Crippen MR) is 111 cm³/mol. The molecule has 2 aliphatic heterocycles. The fourth-order valence-corrected chi connectivity index (χ4v) is 4.66. The molecule has 0 aromatic heterocycles. The Bertz CT molecular complexity index is 814. The number of piperidine rings is 1. The molecule has 1 spiro atoms. The second kappa shape index (κ2) is 10.1. The molecule has 10 nitrogen and oxygen atoms in total. The molecule has 2 aliphatic rings. The average molecular weight is 454 g/mol. The molecule has 1 unspecified atom stereocenters. The minimum absolute atomic E-state index is 0.00317. The third kappa shape index (κ3) is 4.70. The van der Waals surface area contributed by atoms with Gasteiger partial charge in [0.1, 0.15) is 35.7 Å². The predicted octanol–water partition coefficient (Wildman–Crippen LogP) is 0.644. The van der Waals surface area contributed by atoms with Crippen LogP contribution in [0.15, 0.2) is 29.5 Å². The highest BCUT2D eigenvalue weighted by Gasteiger charge is 2.57. The Hall–Kier alpha value is -2.34. The molecule has 0 bridgehead atoms. The zero-order valence-corrected chi connectivity index (χ0v) is 18.2. The molecule has 0 saturated carbocycles. The number of halogens is 1. The van der Waals surface area contributed by atoms with Gasteiger partial charge in [0.25, 0.3) is 0 Å². The van der Waals surface area contributed by atoms with Crippen LogP contribution in [0.3, 0.4) is 0 Å². The molecule has 178 valence electrons. The van der Waals surface area contributed by atoms with E-state index in [2.05, 4.69) is 5.22 Å². The number of hydrogen-bond acceptors (Lipinski definition) is 8. The van der Waals surface area contributed by atoms with Crippen LogP contribution in [0.1, 0.15) is 25.3 Å².